The van der Waals surface area contributed by atoms with Gasteiger partial charge in [-0.15, -0.1) is 0 Å². The predicted octanol–water partition coefficient (Wildman–Crippen LogP) is 4.48. The van der Waals surface area contributed by atoms with Crippen LogP contribution < -0.4 is 15.8 Å². The first kappa shape index (κ1) is 21.1. The number of halogens is 2. The van der Waals surface area contributed by atoms with Crippen LogP contribution in [0.25, 0.3) is 0 Å². The lowest BCUT2D eigenvalue weighted by atomic mass is 9.97. The fourth-order valence-electron chi connectivity index (χ4n) is 4.19. The van der Waals surface area contributed by atoms with Gasteiger partial charge in [-0.2, -0.15) is 5.10 Å². The summed E-state index contributed by atoms with van der Waals surface area (Å²) in [5.41, 5.74) is 8.32. The number of rotatable bonds is 8. The molecule has 8 heteroatoms. The number of hydrogen-bond acceptors (Lipinski definition) is 5. The maximum Gasteiger partial charge on any atom is 0.137 e. The molecule has 1 aliphatic rings. The van der Waals surface area contributed by atoms with Gasteiger partial charge in [-0.3, -0.25) is 4.68 Å². The Hall–Kier alpha value is -3.78. The molecular weight excluding hydrogens is 422 g/mol. The highest BCUT2D eigenvalue weighted by molar-refractivity contribution is 5.63. The molecule has 0 amide bonds. The maximum atomic E-state index is 14.6. The topological polar surface area (TPSA) is 58.0 Å². The van der Waals surface area contributed by atoms with Crippen LogP contribution in [-0.2, 0) is 19.6 Å². The van der Waals surface area contributed by atoms with Gasteiger partial charge in [-0.1, -0.05) is 36.4 Å². The molecule has 168 valence electrons. The summed E-state index contributed by atoms with van der Waals surface area (Å²) >= 11 is 0. The van der Waals surface area contributed by atoms with E-state index in [0.29, 0.717) is 25.2 Å². The van der Waals surface area contributed by atoms with E-state index < -0.39 is 11.6 Å². The molecule has 6 nitrogen and oxygen atoms in total. The minimum atomic E-state index is -0.587. The van der Waals surface area contributed by atoms with Crippen molar-refractivity contribution in [2.75, 3.05) is 16.9 Å². The van der Waals surface area contributed by atoms with Crippen LogP contribution in [0, 0.1) is 11.6 Å². The van der Waals surface area contributed by atoms with Crippen molar-refractivity contribution < 1.29 is 8.78 Å². The van der Waals surface area contributed by atoms with E-state index in [4.69, 9.17) is 0 Å². The molecule has 33 heavy (non-hydrogen) atoms. The Morgan fingerprint density at radius 3 is 2.67 bits per heavy atom. The van der Waals surface area contributed by atoms with Gasteiger partial charge in [0.05, 0.1) is 12.2 Å². The van der Waals surface area contributed by atoms with Crippen molar-refractivity contribution in [3.8, 4) is 0 Å². The molecule has 3 aromatic carbocycles. The third-order valence-electron chi connectivity index (χ3n) is 5.85. The van der Waals surface area contributed by atoms with Gasteiger partial charge in [0.25, 0.3) is 0 Å². The monoisotopic (exact) mass is 446 g/mol. The molecular formula is C25H24F2N6. The Morgan fingerprint density at radius 1 is 1.00 bits per heavy atom. The Balaban J connectivity index is 1.33. The van der Waals surface area contributed by atoms with Crippen LogP contribution in [0.3, 0.4) is 0 Å². The van der Waals surface area contributed by atoms with E-state index in [-0.39, 0.29) is 5.92 Å². The van der Waals surface area contributed by atoms with Crippen LogP contribution in [0.1, 0.15) is 22.6 Å². The van der Waals surface area contributed by atoms with Crippen molar-refractivity contribution in [2.45, 2.75) is 25.6 Å². The molecule has 1 atom stereocenters. The molecule has 1 aromatic heterocycles. The number of fused-ring (bicyclic) bond motifs is 1. The van der Waals surface area contributed by atoms with Gasteiger partial charge in [0.15, 0.2) is 0 Å². The summed E-state index contributed by atoms with van der Waals surface area (Å²) < 4.78 is 29.8. The van der Waals surface area contributed by atoms with Gasteiger partial charge in [0, 0.05) is 37.3 Å². The second kappa shape index (κ2) is 9.38. The molecule has 0 saturated heterocycles. The van der Waals surface area contributed by atoms with Crippen LogP contribution in [-0.4, -0.2) is 21.3 Å². The van der Waals surface area contributed by atoms with E-state index >= 15 is 0 Å². The molecule has 0 aliphatic carbocycles. The van der Waals surface area contributed by atoms with Crippen molar-refractivity contribution in [1.82, 2.24) is 20.2 Å². The molecule has 0 bridgehead atoms. The Bertz CT molecular complexity index is 1210. The van der Waals surface area contributed by atoms with Crippen molar-refractivity contribution in [3.63, 3.8) is 0 Å². The lowest BCUT2D eigenvalue weighted by molar-refractivity contribution is 0.469. The number of benzene rings is 3. The molecule has 2 heterocycles. The summed E-state index contributed by atoms with van der Waals surface area (Å²) in [6, 6.07) is 20.2. The van der Waals surface area contributed by atoms with Gasteiger partial charge >= 0.3 is 0 Å². The van der Waals surface area contributed by atoms with Gasteiger partial charge in [0.2, 0.25) is 0 Å². The second-order valence-corrected chi connectivity index (χ2v) is 8.11. The van der Waals surface area contributed by atoms with Crippen LogP contribution in [0.15, 0.2) is 79.4 Å². The van der Waals surface area contributed by atoms with Crippen molar-refractivity contribution >= 4 is 11.4 Å². The van der Waals surface area contributed by atoms with Crippen LogP contribution >= 0.6 is 0 Å². The SMILES string of the molecule is Fc1ccc(C(CN2NCc3cc(NCc4ccccc4)ccc32)Cn2cncn2)c(F)c1. The summed E-state index contributed by atoms with van der Waals surface area (Å²) in [5.74, 6) is -1.41. The molecule has 5 rings (SSSR count). The average molecular weight is 447 g/mol. The van der Waals surface area contributed by atoms with Crippen LogP contribution in [0.2, 0.25) is 0 Å². The highest BCUT2D eigenvalue weighted by atomic mass is 19.1. The smallest absolute Gasteiger partial charge is 0.137 e. The minimum absolute atomic E-state index is 0.262. The van der Waals surface area contributed by atoms with Crippen molar-refractivity contribution in [1.29, 1.82) is 0 Å². The highest BCUT2D eigenvalue weighted by Crippen LogP contribution is 2.31. The average Bonchev–Trinajstić information content (AvgIpc) is 3.48. The third-order valence-corrected chi connectivity index (χ3v) is 5.85. The van der Waals surface area contributed by atoms with E-state index in [2.05, 4.69) is 45.1 Å². The van der Waals surface area contributed by atoms with E-state index in [0.717, 1.165) is 29.5 Å². The molecule has 2 N–H and O–H groups in total. The quantitative estimate of drug-likeness (QED) is 0.418. The fourth-order valence-corrected chi connectivity index (χ4v) is 4.19. The van der Waals surface area contributed by atoms with Gasteiger partial charge in [0.1, 0.15) is 24.3 Å². The minimum Gasteiger partial charge on any atom is -0.381 e. The van der Waals surface area contributed by atoms with E-state index in [1.807, 2.05) is 29.3 Å². The number of aromatic nitrogens is 3. The summed E-state index contributed by atoms with van der Waals surface area (Å²) in [6.45, 7) is 2.34. The standard InChI is InChI=1S/C25H24F2N6/c26-21-6-8-23(24(27)11-21)20(14-32-17-28-16-31-32)15-33-25-9-7-22(10-19(25)13-30-33)29-12-18-4-2-1-3-5-18/h1-11,16-17,20,29-30H,12-15H2. The Labute approximate surface area is 190 Å². The summed E-state index contributed by atoms with van der Waals surface area (Å²) in [7, 11) is 0. The fraction of sp³-hybridized carbons (Fsp3) is 0.200. The first-order chi connectivity index (χ1) is 16.2. The zero-order valence-electron chi connectivity index (χ0n) is 18.0. The zero-order chi connectivity index (χ0) is 22.6. The molecule has 4 aromatic rings. The molecule has 0 radical (unpaired) electrons. The number of anilines is 2. The molecule has 1 aliphatic heterocycles. The second-order valence-electron chi connectivity index (χ2n) is 8.11. The summed E-state index contributed by atoms with van der Waals surface area (Å²) in [5, 5.41) is 9.66. The molecule has 0 saturated carbocycles. The summed E-state index contributed by atoms with van der Waals surface area (Å²) in [4.78, 5) is 3.98. The first-order valence-electron chi connectivity index (χ1n) is 10.8. The third kappa shape index (κ3) is 4.85. The van der Waals surface area contributed by atoms with E-state index in [1.54, 1.807) is 11.0 Å². The number of hydrogen-bond donors (Lipinski definition) is 2. The Morgan fingerprint density at radius 2 is 1.88 bits per heavy atom. The molecule has 0 fully saturated rings. The van der Waals surface area contributed by atoms with Crippen LogP contribution in [0.4, 0.5) is 20.2 Å². The van der Waals surface area contributed by atoms with Crippen molar-refractivity contribution in [3.05, 3.63) is 108 Å². The maximum absolute atomic E-state index is 14.6. The Kier molecular flexibility index (Phi) is 5.99. The molecule has 0 spiro atoms. The zero-order valence-corrected chi connectivity index (χ0v) is 18.0. The predicted molar refractivity (Wildman–Crippen MR) is 124 cm³/mol. The van der Waals surface area contributed by atoms with E-state index in [9.17, 15) is 8.78 Å². The largest absolute Gasteiger partial charge is 0.381 e. The molecule has 1 unspecified atom stereocenters. The van der Waals surface area contributed by atoms with Crippen LogP contribution in [0.5, 0.6) is 0 Å². The van der Waals surface area contributed by atoms with E-state index in [1.165, 1.54) is 24.0 Å². The van der Waals surface area contributed by atoms with Gasteiger partial charge < -0.3 is 10.3 Å². The summed E-state index contributed by atoms with van der Waals surface area (Å²) in [6.07, 6.45) is 3.05. The normalized spacial score (nSPS) is 13.7. The lowest BCUT2D eigenvalue weighted by Gasteiger charge is -2.26. The number of nitrogens with zero attached hydrogens (tertiary/aromatic N) is 4. The van der Waals surface area contributed by atoms with Gasteiger partial charge in [-0.25, -0.2) is 19.2 Å². The van der Waals surface area contributed by atoms with Gasteiger partial charge in [-0.05, 0) is 41.0 Å². The highest BCUT2D eigenvalue weighted by Gasteiger charge is 2.25. The number of hydrazine groups is 1. The van der Waals surface area contributed by atoms with Crippen molar-refractivity contribution in [2.24, 2.45) is 0 Å². The lowest BCUT2D eigenvalue weighted by Crippen LogP contribution is -2.37. The number of nitrogens with one attached hydrogen (secondary N) is 2. The first-order valence-corrected chi connectivity index (χ1v) is 10.8.